The van der Waals surface area contributed by atoms with E-state index in [4.69, 9.17) is 5.73 Å². The second-order valence-electron chi connectivity index (χ2n) is 1.32. The summed E-state index contributed by atoms with van der Waals surface area (Å²) in [5, 5.41) is 7.22. The maximum atomic E-state index is 5.12. The van der Waals surface area contributed by atoms with Crippen LogP contribution in [0.5, 0.6) is 0 Å². The van der Waals surface area contributed by atoms with Gasteiger partial charge in [-0.05, 0) is 17.4 Å². The van der Waals surface area contributed by atoms with E-state index in [9.17, 15) is 0 Å². The van der Waals surface area contributed by atoms with Crippen LogP contribution in [0, 0.1) is 0 Å². The number of nitrogens with zero attached hydrogens (tertiary/aromatic N) is 3. The zero-order valence-corrected chi connectivity index (χ0v) is 5.30. The van der Waals surface area contributed by atoms with Crippen LogP contribution < -0.4 is 11.2 Å². The molecule has 0 saturated carbocycles. The smallest absolute Gasteiger partial charge is 0.184 e. The Morgan fingerprint density at radius 3 is 3.00 bits per heavy atom. The third kappa shape index (κ3) is 1.65. The van der Waals surface area contributed by atoms with Crippen LogP contribution >= 0.6 is 12.2 Å². The molecular weight excluding hydrogens is 138 g/mol. The summed E-state index contributed by atoms with van der Waals surface area (Å²) in [5.41, 5.74) is 7.65. The Hall–Kier alpha value is -1.17. The molecule has 0 fully saturated rings. The molecule has 0 spiro atoms. The molecule has 6 heteroatoms. The standard InChI is InChI=1S/C3H5N5S/c4-3(9)6-8-2-1-5-7-8/h1-2H,(H3,4,6,9). The van der Waals surface area contributed by atoms with Crippen molar-refractivity contribution in [2.24, 2.45) is 5.73 Å². The lowest BCUT2D eigenvalue weighted by Crippen LogP contribution is -2.28. The molecule has 0 aliphatic carbocycles. The predicted molar refractivity (Wildman–Crippen MR) is 36.2 cm³/mol. The van der Waals surface area contributed by atoms with Gasteiger partial charge >= 0.3 is 0 Å². The van der Waals surface area contributed by atoms with Gasteiger partial charge in [0.05, 0.1) is 12.4 Å². The SMILES string of the molecule is NC(=S)Nn1ccnn1. The van der Waals surface area contributed by atoms with E-state index in [-0.39, 0.29) is 5.11 Å². The number of aromatic nitrogens is 3. The van der Waals surface area contributed by atoms with Crippen LogP contribution in [0.2, 0.25) is 0 Å². The Balaban J connectivity index is 2.58. The van der Waals surface area contributed by atoms with Crippen LogP contribution in [-0.2, 0) is 0 Å². The summed E-state index contributed by atoms with van der Waals surface area (Å²) in [4.78, 5) is 1.32. The second kappa shape index (κ2) is 2.40. The molecule has 48 valence electrons. The highest BCUT2D eigenvalue weighted by molar-refractivity contribution is 7.80. The molecule has 0 amide bonds. The lowest BCUT2D eigenvalue weighted by molar-refractivity contribution is 0.754. The molecule has 0 bridgehead atoms. The molecule has 1 heterocycles. The van der Waals surface area contributed by atoms with Crippen LogP contribution in [0.4, 0.5) is 0 Å². The van der Waals surface area contributed by atoms with Gasteiger partial charge in [0.1, 0.15) is 0 Å². The first-order chi connectivity index (χ1) is 4.29. The molecule has 9 heavy (non-hydrogen) atoms. The third-order valence-electron chi connectivity index (χ3n) is 0.647. The van der Waals surface area contributed by atoms with Gasteiger partial charge in [-0.15, -0.1) is 5.10 Å². The molecule has 0 aliphatic heterocycles. The molecule has 1 aromatic rings. The molecule has 0 unspecified atom stereocenters. The molecule has 0 radical (unpaired) electrons. The normalized spacial score (nSPS) is 8.89. The summed E-state index contributed by atoms with van der Waals surface area (Å²) in [7, 11) is 0. The Bertz CT molecular complexity index is 192. The van der Waals surface area contributed by atoms with Gasteiger partial charge in [0, 0.05) is 0 Å². The van der Waals surface area contributed by atoms with Gasteiger partial charge in [-0.1, -0.05) is 0 Å². The zero-order valence-electron chi connectivity index (χ0n) is 4.48. The van der Waals surface area contributed by atoms with Crippen molar-refractivity contribution in [2.45, 2.75) is 0 Å². The van der Waals surface area contributed by atoms with E-state index in [1.54, 1.807) is 6.20 Å². The van der Waals surface area contributed by atoms with E-state index in [2.05, 4.69) is 28.0 Å². The maximum Gasteiger partial charge on any atom is 0.184 e. The minimum absolute atomic E-state index is 0.167. The Kier molecular flexibility index (Phi) is 1.59. The molecule has 1 aromatic heterocycles. The first-order valence-electron chi connectivity index (χ1n) is 2.22. The zero-order chi connectivity index (χ0) is 6.69. The van der Waals surface area contributed by atoms with Gasteiger partial charge in [-0.3, -0.25) is 5.43 Å². The van der Waals surface area contributed by atoms with Crippen molar-refractivity contribution in [2.75, 3.05) is 5.43 Å². The van der Waals surface area contributed by atoms with E-state index in [0.29, 0.717) is 0 Å². The molecule has 3 N–H and O–H groups in total. The monoisotopic (exact) mass is 143 g/mol. The Morgan fingerprint density at radius 2 is 2.56 bits per heavy atom. The lowest BCUT2D eigenvalue weighted by Gasteiger charge is -1.98. The predicted octanol–water partition coefficient (Wildman–Crippen LogP) is -0.935. The number of nitrogens with two attached hydrogens (primary N) is 1. The molecule has 0 aromatic carbocycles. The van der Waals surface area contributed by atoms with Gasteiger partial charge in [0.25, 0.3) is 0 Å². The fourth-order valence-electron chi connectivity index (χ4n) is 0.381. The quantitative estimate of drug-likeness (QED) is 0.497. The van der Waals surface area contributed by atoms with Crippen LogP contribution in [-0.4, -0.2) is 20.2 Å². The number of hydrogen-bond acceptors (Lipinski definition) is 3. The van der Waals surface area contributed by atoms with Gasteiger partial charge < -0.3 is 5.73 Å². The highest BCUT2D eigenvalue weighted by atomic mass is 32.1. The maximum absolute atomic E-state index is 5.12. The first kappa shape index (κ1) is 5.96. The van der Waals surface area contributed by atoms with Crippen LogP contribution in [0.25, 0.3) is 0 Å². The first-order valence-corrected chi connectivity index (χ1v) is 2.62. The van der Waals surface area contributed by atoms with Gasteiger partial charge in [0.2, 0.25) is 0 Å². The molecule has 5 nitrogen and oxygen atoms in total. The van der Waals surface area contributed by atoms with Gasteiger partial charge in [0.15, 0.2) is 5.11 Å². The Labute approximate surface area is 56.8 Å². The van der Waals surface area contributed by atoms with E-state index < -0.39 is 0 Å². The van der Waals surface area contributed by atoms with Crippen molar-refractivity contribution in [3.63, 3.8) is 0 Å². The lowest BCUT2D eigenvalue weighted by atomic mass is 10.9. The summed E-state index contributed by atoms with van der Waals surface area (Å²) < 4.78 is 0. The number of hydrogen-bond donors (Lipinski definition) is 2. The van der Waals surface area contributed by atoms with Crippen LogP contribution in [0.3, 0.4) is 0 Å². The number of rotatable bonds is 1. The van der Waals surface area contributed by atoms with Crippen molar-refractivity contribution in [1.29, 1.82) is 0 Å². The van der Waals surface area contributed by atoms with Gasteiger partial charge in [-0.2, -0.15) is 4.79 Å². The summed E-state index contributed by atoms with van der Waals surface area (Å²) >= 11 is 4.52. The fraction of sp³-hybridized carbons (Fsp3) is 0. The van der Waals surface area contributed by atoms with Crippen molar-refractivity contribution in [3.05, 3.63) is 12.4 Å². The van der Waals surface area contributed by atoms with E-state index in [1.165, 1.54) is 11.0 Å². The minimum Gasteiger partial charge on any atom is -0.375 e. The van der Waals surface area contributed by atoms with Crippen molar-refractivity contribution in [3.8, 4) is 0 Å². The third-order valence-corrected chi connectivity index (χ3v) is 0.739. The molecule has 0 aliphatic rings. The average molecular weight is 143 g/mol. The highest BCUT2D eigenvalue weighted by Crippen LogP contribution is 1.71. The molecular formula is C3H5N5S. The van der Waals surface area contributed by atoms with Crippen molar-refractivity contribution >= 4 is 17.3 Å². The summed E-state index contributed by atoms with van der Waals surface area (Å²) in [6.07, 6.45) is 3.12. The summed E-state index contributed by atoms with van der Waals surface area (Å²) in [5.74, 6) is 0. The average Bonchev–Trinajstić information content (AvgIpc) is 2.15. The summed E-state index contributed by atoms with van der Waals surface area (Å²) in [6, 6.07) is 0. The fourth-order valence-corrected chi connectivity index (χ4v) is 0.474. The minimum atomic E-state index is 0.167. The van der Waals surface area contributed by atoms with E-state index in [0.717, 1.165) is 0 Å². The largest absolute Gasteiger partial charge is 0.375 e. The molecule has 1 rings (SSSR count). The topological polar surface area (TPSA) is 68.8 Å². The van der Waals surface area contributed by atoms with E-state index >= 15 is 0 Å². The number of nitrogens with one attached hydrogen (secondary N) is 1. The number of thiocarbonyl (C=S) groups is 1. The van der Waals surface area contributed by atoms with Crippen molar-refractivity contribution in [1.82, 2.24) is 15.1 Å². The van der Waals surface area contributed by atoms with Crippen LogP contribution in [0.15, 0.2) is 12.4 Å². The molecule has 0 saturated heterocycles. The van der Waals surface area contributed by atoms with Gasteiger partial charge in [-0.25, -0.2) is 0 Å². The molecule has 0 atom stereocenters. The van der Waals surface area contributed by atoms with Crippen molar-refractivity contribution < 1.29 is 0 Å². The summed E-state index contributed by atoms with van der Waals surface area (Å²) in [6.45, 7) is 0. The second-order valence-corrected chi connectivity index (χ2v) is 1.76. The Morgan fingerprint density at radius 1 is 1.78 bits per heavy atom. The van der Waals surface area contributed by atoms with E-state index in [1.807, 2.05) is 0 Å². The highest BCUT2D eigenvalue weighted by Gasteiger charge is 1.86. The van der Waals surface area contributed by atoms with Crippen LogP contribution in [0.1, 0.15) is 0 Å².